The molecule has 0 saturated heterocycles. The van der Waals surface area contributed by atoms with Crippen LogP contribution < -0.4 is 5.73 Å². The second-order valence-corrected chi connectivity index (χ2v) is 7.61. The van der Waals surface area contributed by atoms with Crippen LogP contribution in [-0.2, 0) is 14.6 Å². The van der Waals surface area contributed by atoms with E-state index in [1.165, 1.54) is 25.3 Å². The van der Waals surface area contributed by atoms with Crippen LogP contribution in [0.4, 0.5) is 0 Å². The summed E-state index contributed by atoms with van der Waals surface area (Å²) in [7, 11) is -2.35. The van der Waals surface area contributed by atoms with Gasteiger partial charge in [0.1, 0.15) is 0 Å². The fourth-order valence-electron chi connectivity index (χ4n) is 2.81. The van der Waals surface area contributed by atoms with Gasteiger partial charge in [-0.3, -0.25) is 4.79 Å². The topological polar surface area (TPSA) is 98.8 Å². The number of aliphatic imine (C=N–C) groups is 1. The van der Waals surface area contributed by atoms with Crippen LogP contribution >= 0.6 is 0 Å². The van der Waals surface area contributed by atoms with E-state index in [0.717, 1.165) is 5.56 Å². The molecule has 3 rings (SSSR count). The van der Waals surface area contributed by atoms with Crippen molar-refractivity contribution in [2.24, 2.45) is 10.7 Å². The Hall–Kier alpha value is -2.51. The monoisotopic (exact) mass is 358 g/mol. The van der Waals surface area contributed by atoms with Gasteiger partial charge in [-0.2, -0.15) is 0 Å². The number of methoxy groups -OCH3 is 1. The van der Waals surface area contributed by atoms with Gasteiger partial charge in [0.15, 0.2) is 5.78 Å². The predicted molar refractivity (Wildman–Crippen MR) is 94.0 cm³/mol. The molecule has 2 aromatic carbocycles. The first-order chi connectivity index (χ1) is 11.9. The third-order valence-electron chi connectivity index (χ3n) is 4.01. The minimum Gasteiger partial charge on any atom is -0.481 e. The second-order valence-electron chi connectivity index (χ2n) is 5.72. The van der Waals surface area contributed by atoms with Crippen molar-refractivity contribution in [1.82, 2.24) is 0 Å². The molecule has 2 aromatic rings. The maximum absolute atomic E-state index is 13.0. The van der Waals surface area contributed by atoms with Crippen molar-refractivity contribution in [3.8, 4) is 0 Å². The third-order valence-corrected chi connectivity index (χ3v) is 5.85. The molecule has 2 N–H and O–H groups in total. The Labute approximate surface area is 146 Å². The SMILES string of the molecule is COC(=NCCN)c1ccc2c(c1)S(=O)(=O)c1cc(C)ccc1C2=O. The van der Waals surface area contributed by atoms with Gasteiger partial charge in [0, 0.05) is 23.2 Å². The summed E-state index contributed by atoms with van der Waals surface area (Å²) in [5.41, 5.74) is 7.07. The lowest BCUT2D eigenvalue weighted by Crippen LogP contribution is -2.21. The van der Waals surface area contributed by atoms with Gasteiger partial charge >= 0.3 is 0 Å². The maximum atomic E-state index is 13.0. The molecule has 0 aliphatic carbocycles. The maximum Gasteiger partial charge on any atom is 0.215 e. The summed E-state index contributed by atoms with van der Waals surface area (Å²) in [5.74, 6) is -0.0184. The average Bonchev–Trinajstić information content (AvgIpc) is 2.60. The smallest absolute Gasteiger partial charge is 0.215 e. The number of fused-ring (bicyclic) bond motifs is 2. The molecule has 0 aromatic heterocycles. The fraction of sp³-hybridized carbons (Fsp3) is 0.222. The lowest BCUT2D eigenvalue weighted by Gasteiger charge is -2.20. The van der Waals surface area contributed by atoms with Gasteiger partial charge in [0.2, 0.25) is 15.7 Å². The Balaban J connectivity index is 2.21. The number of carbonyl (C=O) groups is 1. The largest absolute Gasteiger partial charge is 0.481 e. The molecule has 0 radical (unpaired) electrons. The lowest BCUT2D eigenvalue weighted by molar-refractivity contribution is 0.103. The molecule has 0 unspecified atom stereocenters. The van der Waals surface area contributed by atoms with Gasteiger partial charge < -0.3 is 10.5 Å². The Morgan fingerprint density at radius 1 is 1.12 bits per heavy atom. The number of aryl methyl sites for hydroxylation is 1. The molecule has 130 valence electrons. The normalized spacial score (nSPS) is 15.5. The highest BCUT2D eigenvalue weighted by Crippen LogP contribution is 2.35. The molecular formula is C18H18N2O4S. The second kappa shape index (κ2) is 6.42. The minimum atomic E-state index is -3.80. The molecule has 0 saturated carbocycles. The molecule has 0 fully saturated rings. The standard InChI is InChI=1S/C18H18N2O4S/c1-11-3-5-13-15(9-11)25(22,23)16-10-12(4-6-14(16)17(13)21)18(24-2)20-8-7-19/h3-6,9-10H,7-8,19H2,1-2H3. The fourth-order valence-corrected chi connectivity index (χ4v) is 4.57. The third kappa shape index (κ3) is 2.85. The summed E-state index contributed by atoms with van der Waals surface area (Å²) in [6, 6.07) is 9.39. The molecule has 25 heavy (non-hydrogen) atoms. The molecule has 1 heterocycles. The van der Waals surface area contributed by atoms with Crippen molar-refractivity contribution in [2.75, 3.05) is 20.2 Å². The predicted octanol–water partition coefficient (Wildman–Crippen LogP) is 1.72. The lowest BCUT2D eigenvalue weighted by atomic mass is 10.00. The van der Waals surface area contributed by atoms with Gasteiger partial charge in [-0.25, -0.2) is 13.4 Å². The number of ether oxygens (including phenoxy) is 1. The van der Waals surface area contributed by atoms with E-state index in [1.807, 2.05) is 0 Å². The molecule has 0 bridgehead atoms. The minimum absolute atomic E-state index is 0.0226. The van der Waals surface area contributed by atoms with Crippen molar-refractivity contribution in [3.63, 3.8) is 0 Å². The van der Waals surface area contributed by atoms with Crippen LogP contribution in [0, 0.1) is 6.92 Å². The van der Waals surface area contributed by atoms with E-state index in [0.29, 0.717) is 18.7 Å². The number of nitrogens with two attached hydrogens (primary N) is 1. The quantitative estimate of drug-likeness (QED) is 0.568. The van der Waals surface area contributed by atoms with Crippen molar-refractivity contribution in [3.05, 3.63) is 58.7 Å². The van der Waals surface area contributed by atoms with Crippen molar-refractivity contribution in [2.45, 2.75) is 16.7 Å². The Kier molecular flexibility index (Phi) is 4.45. The molecular weight excluding hydrogens is 340 g/mol. The first kappa shape index (κ1) is 17.3. The van der Waals surface area contributed by atoms with Crippen LogP contribution in [0.5, 0.6) is 0 Å². The molecule has 1 aliphatic rings. The first-order valence-electron chi connectivity index (χ1n) is 7.73. The zero-order chi connectivity index (χ0) is 18.2. The zero-order valence-corrected chi connectivity index (χ0v) is 14.8. The Morgan fingerprint density at radius 3 is 2.40 bits per heavy atom. The number of benzene rings is 2. The molecule has 0 spiro atoms. The van der Waals surface area contributed by atoms with Crippen LogP contribution in [0.25, 0.3) is 0 Å². The van der Waals surface area contributed by atoms with Crippen molar-refractivity contribution >= 4 is 21.5 Å². The van der Waals surface area contributed by atoms with Crippen LogP contribution in [0.1, 0.15) is 27.0 Å². The highest BCUT2D eigenvalue weighted by molar-refractivity contribution is 7.91. The zero-order valence-electron chi connectivity index (χ0n) is 13.9. The van der Waals surface area contributed by atoms with Gasteiger partial charge in [0.05, 0.1) is 23.4 Å². The van der Waals surface area contributed by atoms with Crippen LogP contribution in [0.2, 0.25) is 0 Å². The van der Waals surface area contributed by atoms with E-state index in [1.54, 1.807) is 25.1 Å². The summed E-state index contributed by atoms with van der Waals surface area (Å²) < 4.78 is 31.3. The number of hydrogen-bond donors (Lipinski definition) is 1. The molecule has 0 atom stereocenters. The number of hydrogen-bond acceptors (Lipinski definition) is 6. The van der Waals surface area contributed by atoms with Gasteiger partial charge in [-0.1, -0.05) is 6.07 Å². The summed E-state index contributed by atoms with van der Waals surface area (Å²) >= 11 is 0. The first-order valence-corrected chi connectivity index (χ1v) is 9.22. The number of rotatable bonds is 3. The van der Waals surface area contributed by atoms with Crippen LogP contribution in [0.15, 0.2) is 51.2 Å². The summed E-state index contributed by atoms with van der Waals surface area (Å²) in [6.45, 7) is 2.49. The summed E-state index contributed by atoms with van der Waals surface area (Å²) in [4.78, 5) is 16.9. The average molecular weight is 358 g/mol. The van der Waals surface area contributed by atoms with Crippen molar-refractivity contribution in [1.29, 1.82) is 0 Å². The molecule has 7 heteroatoms. The van der Waals surface area contributed by atoms with Gasteiger partial charge in [-0.05, 0) is 42.8 Å². The van der Waals surface area contributed by atoms with E-state index in [2.05, 4.69) is 4.99 Å². The number of carbonyl (C=O) groups excluding carboxylic acids is 1. The van der Waals surface area contributed by atoms with E-state index in [4.69, 9.17) is 10.5 Å². The highest BCUT2D eigenvalue weighted by atomic mass is 32.2. The molecule has 1 aliphatic heterocycles. The van der Waals surface area contributed by atoms with Crippen molar-refractivity contribution < 1.29 is 17.9 Å². The van der Waals surface area contributed by atoms with E-state index < -0.39 is 9.84 Å². The summed E-state index contributed by atoms with van der Waals surface area (Å²) in [6.07, 6.45) is 0. The van der Waals surface area contributed by atoms with E-state index >= 15 is 0 Å². The number of nitrogens with zero attached hydrogens (tertiary/aromatic N) is 1. The number of sulfone groups is 1. The van der Waals surface area contributed by atoms with E-state index in [-0.39, 0.29) is 32.6 Å². The summed E-state index contributed by atoms with van der Waals surface area (Å²) in [5, 5.41) is 0. The number of ketones is 1. The highest BCUT2D eigenvalue weighted by Gasteiger charge is 2.35. The van der Waals surface area contributed by atoms with Crippen LogP contribution in [-0.4, -0.2) is 40.3 Å². The van der Waals surface area contributed by atoms with Gasteiger partial charge in [0.25, 0.3) is 0 Å². The molecule has 0 amide bonds. The van der Waals surface area contributed by atoms with Gasteiger partial charge in [-0.15, -0.1) is 0 Å². The van der Waals surface area contributed by atoms with E-state index in [9.17, 15) is 13.2 Å². The Morgan fingerprint density at radius 2 is 1.76 bits per heavy atom. The Bertz CT molecular complexity index is 994. The van der Waals surface area contributed by atoms with Crippen LogP contribution in [0.3, 0.4) is 0 Å². The molecule has 6 nitrogen and oxygen atoms in total.